The number of benzene rings is 2. The predicted octanol–water partition coefficient (Wildman–Crippen LogP) is 2.84. The van der Waals surface area contributed by atoms with Crippen molar-refractivity contribution in [3.8, 4) is 12.3 Å². The van der Waals surface area contributed by atoms with E-state index >= 15 is 0 Å². The molecule has 0 spiro atoms. The highest BCUT2D eigenvalue weighted by atomic mass is 19.1. The number of anilines is 1. The SMILES string of the molecule is C#Cc1cccc(NC(=O)CN(C)C(=O)CCc2ccccc2F)c1. The molecule has 0 radical (unpaired) electrons. The number of hydrogen-bond acceptors (Lipinski definition) is 2. The number of nitrogens with one attached hydrogen (secondary N) is 1. The van der Waals surface area contributed by atoms with Crippen molar-refractivity contribution in [2.75, 3.05) is 18.9 Å². The maximum Gasteiger partial charge on any atom is 0.243 e. The lowest BCUT2D eigenvalue weighted by Crippen LogP contribution is -2.35. The van der Waals surface area contributed by atoms with Gasteiger partial charge in [-0.3, -0.25) is 9.59 Å². The smallest absolute Gasteiger partial charge is 0.243 e. The lowest BCUT2D eigenvalue weighted by atomic mass is 10.1. The molecule has 2 rings (SSSR count). The van der Waals surface area contributed by atoms with Gasteiger partial charge >= 0.3 is 0 Å². The van der Waals surface area contributed by atoms with Gasteiger partial charge in [0, 0.05) is 24.7 Å². The molecule has 4 nitrogen and oxygen atoms in total. The van der Waals surface area contributed by atoms with Gasteiger partial charge in [0.25, 0.3) is 0 Å². The molecule has 0 fully saturated rings. The Bertz CT molecular complexity index is 811. The molecule has 0 atom stereocenters. The highest BCUT2D eigenvalue weighted by Gasteiger charge is 2.14. The number of amides is 2. The fourth-order valence-electron chi connectivity index (χ4n) is 2.32. The van der Waals surface area contributed by atoms with E-state index in [1.165, 1.54) is 11.0 Å². The van der Waals surface area contributed by atoms with Crippen LogP contribution in [0.5, 0.6) is 0 Å². The fraction of sp³-hybridized carbons (Fsp3) is 0.200. The average molecular weight is 338 g/mol. The molecule has 0 saturated carbocycles. The third-order valence-electron chi connectivity index (χ3n) is 3.69. The molecule has 25 heavy (non-hydrogen) atoms. The van der Waals surface area contributed by atoms with Gasteiger partial charge in [-0.05, 0) is 36.2 Å². The molecule has 0 aromatic heterocycles. The van der Waals surface area contributed by atoms with Crippen molar-refractivity contribution in [3.05, 3.63) is 65.5 Å². The lowest BCUT2D eigenvalue weighted by molar-refractivity contribution is -0.133. The number of halogens is 1. The van der Waals surface area contributed by atoms with Crippen LogP contribution >= 0.6 is 0 Å². The van der Waals surface area contributed by atoms with E-state index in [0.29, 0.717) is 23.2 Å². The Morgan fingerprint density at radius 2 is 1.96 bits per heavy atom. The minimum Gasteiger partial charge on any atom is -0.336 e. The van der Waals surface area contributed by atoms with E-state index < -0.39 is 0 Å². The molecule has 0 heterocycles. The van der Waals surface area contributed by atoms with Gasteiger partial charge in [-0.1, -0.05) is 30.2 Å². The van der Waals surface area contributed by atoms with Crippen LogP contribution in [-0.4, -0.2) is 30.3 Å². The number of nitrogens with zero attached hydrogens (tertiary/aromatic N) is 1. The summed E-state index contributed by atoms with van der Waals surface area (Å²) in [4.78, 5) is 25.5. The fourth-order valence-corrected chi connectivity index (χ4v) is 2.32. The zero-order chi connectivity index (χ0) is 18.2. The largest absolute Gasteiger partial charge is 0.336 e. The number of carbonyl (C=O) groups excluding carboxylic acids is 2. The second-order valence-electron chi connectivity index (χ2n) is 5.61. The summed E-state index contributed by atoms with van der Waals surface area (Å²) in [6, 6.07) is 13.2. The molecule has 0 saturated heterocycles. The van der Waals surface area contributed by atoms with Crippen molar-refractivity contribution in [1.82, 2.24) is 4.90 Å². The second-order valence-corrected chi connectivity index (χ2v) is 5.61. The third kappa shape index (κ3) is 5.47. The number of terminal acetylenes is 1. The van der Waals surface area contributed by atoms with Gasteiger partial charge in [0.05, 0.1) is 6.54 Å². The molecule has 0 unspecified atom stereocenters. The van der Waals surface area contributed by atoms with Crippen LogP contribution < -0.4 is 5.32 Å². The predicted molar refractivity (Wildman–Crippen MR) is 95.4 cm³/mol. The first-order valence-corrected chi connectivity index (χ1v) is 7.83. The van der Waals surface area contributed by atoms with Gasteiger partial charge in [0.1, 0.15) is 5.82 Å². The zero-order valence-electron chi connectivity index (χ0n) is 14.0. The quantitative estimate of drug-likeness (QED) is 0.824. The summed E-state index contributed by atoms with van der Waals surface area (Å²) in [6.07, 6.45) is 5.75. The highest BCUT2D eigenvalue weighted by Crippen LogP contribution is 2.11. The van der Waals surface area contributed by atoms with Crippen LogP contribution in [0.15, 0.2) is 48.5 Å². The summed E-state index contributed by atoms with van der Waals surface area (Å²) in [7, 11) is 1.54. The summed E-state index contributed by atoms with van der Waals surface area (Å²) in [5.41, 5.74) is 1.72. The molecule has 0 bridgehead atoms. The van der Waals surface area contributed by atoms with Crippen molar-refractivity contribution in [2.45, 2.75) is 12.8 Å². The van der Waals surface area contributed by atoms with Crippen molar-refractivity contribution < 1.29 is 14.0 Å². The van der Waals surface area contributed by atoms with Gasteiger partial charge in [-0.2, -0.15) is 0 Å². The van der Waals surface area contributed by atoms with E-state index in [1.54, 1.807) is 49.5 Å². The Kier molecular flexibility index (Phi) is 6.30. The highest BCUT2D eigenvalue weighted by molar-refractivity contribution is 5.94. The van der Waals surface area contributed by atoms with Gasteiger partial charge in [0.2, 0.25) is 11.8 Å². The van der Waals surface area contributed by atoms with Crippen LogP contribution in [0, 0.1) is 18.2 Å². The third-order valence-corrected chi connectivity index (χ3v) is 3.69. The molecule has 2 amide bonds. The molecule has 0 aliphatic rings. The lowest BCUT2D eigenvalue weighted by Gasteiger charge is -2.17. The van der Waals surface area contributed by atoms with Crippen molar-refractivity contribution in [1.29, 1.82) is 0 Å². The van der Waals surface area contributed by atoms with Gasteiger partial charge in [-0.25, -0.2) is 4.39 Å². The first-order valence-electron chi connectivity index (χ1n) is 7.83. The van der Waals surface area contributed by atoms with Crippen LogP contribution in [0.4, 0.5) is 10.1 Å². The number of aryl methyl sites for hydroxylation is 1. The Labute approximate surface area is 146 Å². The zero-order valence-corrected chi connectivity index (χ0v) is 14.0. The van der Waals surface area contributed by atoms with E-state index in [9.17, 15) is 14.0 Å². The molecule has 2 aromatic carbocycles. The molecule has 2 aromatic rings. The van der Waals surface area contributed by atoms with Crippen LogP contribution in [0.25, 0.3) is 0 Å². The normalized spacial score (nSPS) is 9.96. The van der Waals surface area contributed by atoms with Gasteiger partial charge in [-0.15, -0.1) is 6.42 Å². The number of likely N-dealkylation sites (N-methyl/N-ethyl adjacent to an activating group) is 1. The second kappa shape index (κ2) is 8.65. The molecule has 128 valence electrons. The van der Waals surface area contributed by atoms with E-state index in [4.69, 9.17) is 6.42 Å². The molecule has 0 aliphatic heterocycles. The first kappa shape index (κ1) is 18.2. The Morgan fingerprint density at radius 1 is 1.20 bits per heavy atom. The molecule has 1 N–H and O–H groups in total. The Balaban J connectivity index is 1.84. The molecule has 0 aliphatic carbocycles. The van der Waals surface area contributed by atoms with Crippen molar-refractivity contribution in [2.24, 2.45) is 0 Å². The minimum atomic E-state index is -0.330. The number of rotatable bonds is 6. The van der Waals surface area contributed by atoms with E-state index in [1.807, 2.05) is 0 Å². The summed E-state index contributed by atoms with van der Waals surface area (Å²) in [6.45, 7) is -0.0869. The van der Waals surface area contributed by atoms with Crippen LogP contribution in [-0.2, 0) is 16.0 Å². The van der Waals surface area contributed by atoms with Crippen LogP contribution in [0.1, 0.15) is 17.5 Å². The van der Waals surface area contributed by atoms with Crippen LogP contribution in [0.2, 0.25) is 0 Å². The first-order chi connectivity index (χ1) is 12.0. The van der Waals surface area contributed by atoms with E-state index in [2.05, 4.69) is 11.2 Å². The summed E-state index contributed by atoms with van der Waals surface area (Å²) < 4.78 is 13.6. The Hall–Kier alpha value is -3.13. The minimum absolute atomic E-state index is 0.0869. The molecular formula is C20H19FN2O2. The summed E-state index contributed by atoms with van der Waals surface area (Å²) >= 11 is 0. The number of hydrogen-bond donors (Lipinski definition) is 1. The van der Waals surface area contributed by atoms with Crippen molar-refractivity contribution in [3.63, 3.8) is 0 Å². The monoisotopic (exact) mass is 338 g/mol. The summed E-state index contributed by atoms with van der Waals surface area (Å²) in [5.74, 6) is 1.61. The summed E-state index contributed by atoms with van der Waals surface area (Å²) in [5, 5.41) is 2.70. The van der Waals surface area contributed by atoms with Crippen molar-refractivity contribution >= 4 is 17.5 Å². The van der Waals surface area contributed by atoms with Crippen LogP contribution in [0.3, 0.4) is 0 Å². The Morgan fingerprint density at radius 3 is 2.68 bits per heavy atom. The topological polar surface area (TPSA) is 49.4 Å². The molecular weight excluding hydrogens is 319 g/mol. The van der Waals surface area contributed by atoms with E-state index in [0.717, 1.165) is 0 Å². The van der Waals surface area contributed by atoms with Gasteiger partial charge in [0.15, 0.2) is 0 Å². The maximum atomic E-state index is 13.6. The van der Waals surface area contributed by atoms with E-state index in [-0.39, 0.29) is 30.6 Å². The molecule has 5 heteroatoms. The maximum absolute atomic E-state index is 13.6. The number of carbonyl (C=O) groups is 2. The average Bonchev–Trinajstić information content (AvgIpc) is 2.60. The standard InChI is InChI=1S/C20H19FN2O2/c1-3-15-7-6-9-17(13-15)22-19(24)14-23(2)20(25)12-11-16-8-4-5-10-18(16)21/h1,4-10,13H,11-12,14H2,2H3,(H,22,24). The van der Waals surface area contributed by atoms with Gasteiger partial charge < -0.3 is 10.2 Å².